The summed E-state index contributed by atoms with van der Waals surface area (Å²) in [5.41, 5.74) is 2.38. The number of hydrogen-bond donors (Lipinski definition) is 1. The van der Waals surface area contributed by atoms with E-state index in [1.807, 2.05) is 30.3 Å². The van der Waals surface area contributed by atoms with Gasteiger partial charge in [-0.15, -0.1) is 0 Å². The molecule has 2 aromatic rings. The van der Waals surface area contributed by atoms with Gasteiger partial charge in [0.15, 0.2) is 11.5 Å². The molecule has 1 atom stereocenters. The summed E-state index contributed by atoms with van der Waals surface area (Å²) in [6.07, 6.45) is 3.91. The third-order valence-electron chi connectivity index (χ3n) is 7.15. The van der Waals surface area contributed by atoms with Crippen LogP contribution in [0.25, 0.3) is 0 Å². The molecule has 1 N–H and O–H groups in total. The van der Waals surface area contributed by atoms with E-state index in [9.17, 15) is 4.79 Å². The van der Waals surface area contributed by atoms with Crippen LogP contribution in [0.1, 0.15) is 30.4 Å². The molecule has 0 radical (unpaired) electrons. The van der Waals surface area contributed by atoms with Gasteiger partial charge in [-0.2, -0.15) is 0 Å². The maximum Gasteiger partial charge on any atom is 0.223 e. The lowest BCUT2D eigenvalue weighted by Crippen LogP contribution is -2.37. The summed E-state index contributed by atoms with van der Waals surface area (Å²) < 4.78 is 16.0. The maximum absolute atomic E-state index is 12.7. The summed E-state index contributed by atoms with van der Waals surface area (Å²) in [4.78, 5) is 15.2. The summed E-state index contributed by atoms with van der Waals surface area (Å²) in [6.45, 7) is 3.37. The van der Waals surface area contributed by atoms with Crippen LogP contribution in [0.15, 0.2) is 36.4 Å². The Kier molecular flexibility index (Phi) is 7.35. The number of likely N-dealkylation sites (tertiary alicyclic amines) is 1. The molecule has 2 fully saturated rings. The third-order valence-corrected chi connectivity index (χ3v) is 7.50. The number of carbonyl (C=O) groups is 1. The molecule has 33 heavy (non-hydrogen) atoms. The molecular weight excluding hydrogens is 440 g/mol. The second kappa shape index (κ2) is 10.2. The Morgan fingerprint density at radius 3 is 2.52 bits per heavy atom. The normalized spacial score (nSPS) is 19.2. The van der Waals surface area contributed by atoms with Crippen molar-refractivity contribution in [3.05, 3.63) is 52.5 Å². The molecule has 6 nitrogen and oxygen atoms in total. The van der Waals surface area contributed by atoms with Crippen molar-refractivity contribution < 1.29 is 19.0 Å². The molecule has 1 saturated heterocycles. The van der Waals surface area contributed by atoms with Crippen molar-refractivity contribution in [2.75, 3.05) is 41.0 Å². The van der Waals surface area contributed by atoms with E-state index in [0.717, 1.165) is 56.6 Å². The molecule has 2 aromatic carbocycles. The van der Waals surface area contributed by atoms with Gasteiger partial charge in [0, 0.05) is 30.1 Å². The molecule has 178 valence electrons. The zero-order valence-electron chi connectivity index (χ0n) is 19.7. The Bertz CT molecular complexity index is 988. The fraction of sp³-hybridized carbons (Fsp3) is 0.500. The molecule has 1 spiro atoms. The van der Waals surface area contributed by atoms with Crippen LogP contribution < -0.4 is 19.5 Å². The maximum atomic E-state index is 12.7. The van der Waals surface area contributed by atoms with Crippen molar-refractivity contribution in [3.8, 4) is 17.2 Å². The predicted molar refractivity (Wildman–Crippen MR) is 129 cm³/mol. The average Bonchev–Trinajstić information content (AvgIpc) is 3.55. The fourth-order valence-corrected chi connectivity index (χ4v) is 5.18. The monoisotopic (exact) mass is 472 g/mol. The lowest BCUT2D eigenvalue weighted by Gasteiger charge is -2.33. The number of methoxy groups -OCH3 is 3. The second-order valence-electron chi connectivity index (χ2n) is 9.09. The Labute approximate surface area is 201 Å². The predicted octanol–water partition coefficient (Wildman–Crippen LogP) is 4.33. The molecule has 1 aliphatic carbocycles. The minimum atomic E-state index is 0.148. The lowest BCUT2D eigenvalue weighted by atomic mass is 9.90. The molecule has 0 aromatic heterocycles. The van der Waals surface area contributed by atoms with E-state index < -0.39 is 0 Å². The Morgan fingerprint density at radius 1 is 1.09 bits per heavy atom. The number of nitrogens with one attached hydrogen (secondary N) is 1. The Hall–Kier alpha value is -2.44. The Balaban J connectivity index is 1.24. The number of benzene rings is 2. The highest BCUT2D eigenvalue weighted by atomic mass is 35.5. The van der Waals surface area contributed by atoms with Gasteiger partial charge in [-0.3, -0.25) is 9.69 Å². The van der Waals surface area contributed by atoms with Crippen molar-refractivity contribution in [1.29, 1.82) is 0 Å². The number of rotatable bonds is 9. The molecule has 0 unspecified atom stereocenters. The molecule has 7 heteroatoms. The van der Waals surface area contributed by atoms with Crippen LogP contribution in [-0.2, 0) is 17.8 Å². The van der Waals surface area contributed by atoms with Crippen LogP contribution >= 0.6 is 11.6 Å². The minimum Gasteiger partial charge on any atom is -0.497 e. The molecule has 1 saturated carbocycles. The van der Waals surface area contributed by atoms with Crippen LogP contribution in [-0.4, -0.2) is 51.8 Å². The summed E-state index contributed by atoms with van der Waals surface area (Å²) in [6, 6.07) is 11.8. The summed E-state index contributed by atoms with van der Waals surface area (Å²) in [5.74, 6) is 2.53. The number of halogens is 1. The van der Waals surface area contributed by atoms with Crippen molar-refractivity contribution in [2.45, 2.75) is 32.2 Å². The number of carbonyl (C=O) groups excluding carboxylic acids is 1. The highest BCUT2D eigenvalue weighted by Gasteiger charge is 2.58. The summed E-state index contributed by atoms with van der Waals surface area (Å²) >= 11 is 6.48. The molecule has 1 heterocycles. The van der Waals surface area contributed by atoms with Crippen molar-refractivity contribution >= 4 is 17.5 Å². The molecule has 0 bridgehead atoms. The first-order valence-electron chi connectivity index (χ1n) is 11.5. The van der Waals surface area contributed by atoms with Gasteiger partial charge >= 0.3 is 0 Å². The van der Waals surface area contributed by atoms with Crippen LogP contribution in [0.4, 0.5) is 0 Å². The van der Waals surface area contributed by atoms with Crippen molar-refractivity contribution in [2.24, 2.45) is 11.3 Å². The van der Waals surface area contributed by atoms with Gasteiger partial charge in [0.1, 0.15) is 5.75 Å². The Morgan fingerprint density at radius 2 is 1.82 bits per heavy atom. The first-order valence-corrected chi connectivity index (χ1v) is 11.9. The fourth-order valence-electron chi connectivity index (χ4n) is 4.97. The number of amides is 1. The van der Waals surface area contributed by atoms with E-state index in [0.29, 0.717) is 23.1 Å². The molecule has 1 amide bonds. The topological polar surface area (TPSA) is 60.0 Å². The van der Waals surface area contributed by atoms with Gasteiger partial charge in [0.25, 0.3) is 0 Å². The van der Waals surface area contributed by atoms with Crippen molar-refractivity contribution in [1.82, 2.24) is 10.2 Å². The lowest BCUT2D eigenvalue weighted by molar-refractivity contribution is -0.123. The van der Waals surface area contributed by atoms with E-state index in [-0.39, 0.29) is 17.2 Å². The van der Waals surface area contributed by atoms with E-state index in [2.05, 4.69) is 16.3 Å². The molecular formula is C26H33ClN2O4. The largest absolute Gasteiger partial charge is 0.497 e. The van der Waals surface area contributed by atoms with Crippen molar-refractivity contribution in [3.63, 3.8) is 0 Å². The number of piperidine rings is 1. The van der Waals surface area contributed by atoms with E-state index in [1.54, 1.807) is 21.3 Å². The highest BCUT2D eigenvalue weighted by molar-refractivity contribution is 6.31. The number of hydrogen-bond acceptors (Lipinski definition) is 5. The SMILES string of the molecule is COc1cccc(CCNC(=O)[C@H]2CC23CCN(Cc2cc(OC)c(OC)cc2Cl)CC3)c1. The minimum absolute atomic E-state index is 0.148. The van der Waals surface area contributed by atoms with Gasteiger partial charge in [-0.1, -0.05) is 23.7 Å². The summed E-state index contributed by atoms with van der Waals surface area (Å²) in [7, 11) is 4.91. The molecule has 4 rings (SSSR count). The third kappa shape index (κ3) is 5.39. The standard InChI is InChI=1S/C26H33ClN2O4/c1-31-20-6-4-5-18(13-20)7-10-28-25(30)21-16-26(21)8-11-29(12-9-26)17-19-14-23(32-2)24(33-3)15-22(19)27/h4-6,13-15,21H,7-12,16-17H2,1-3H3,(H,28,30)/t21-/m1/s1. The van der Waals surface area contributed by atoms with Crippen LogP contribution in [0, 0.1) is 11.3 Å². The van der Waals surface area contributed by atoms with Crippen LogP contribution in [0.2, 0.25) is 5.02 Å². The molecule has 2 aliphatic rings. The smallest absolute Gasteiger partial charge is 0.223 e. The number of ether oxygens (including phenoxy) is 3. The van der Waals surface area contributed by atoms with Gasteiger partial charge < -0.3 is 19.5 Å². The first kappa shape index (κ1) is 23.7. The first-order chi connectivity index (χ1) is 16.0. The average molecular weight is 473 g/mol. The quantitative estimate of drug-likeness (QED) is 0.588. The van der Waals surface area contributed by atoms with E-state index >= 15 is 0 Å². The van der Waals surface area contributed by atoms with Crippen LogP contribution in [0.5, 0.6) is 17.2 Å². The molecule has 1 aliphatic heterocycles. The number of nitrogens with zero attached hydrogens (tertiary/aromatic N) is 1. The van der Waals surface area contributed by atoms with E-state index in [1.165, 1.54) is 5.56 Å². The van der Waals surface area contributed by atoms with Gasteiger partial charge in [-0.05, 0) is 73.5 Å². The van der Waals surface area contributed by atoms with Gasteiger partial charge in [-0.25, -0.2) is 0 Å². The summed E-state index contributed by atoms with van der Waals surface area (Å²) in [5, 5.41) is 3.84. The van der Waals surface area contributed by atoms with Gasteiger partial charge in [0.2, 0.25) is 5.91 Å². The van der Waals surface area contributed by atoms with Gasteiger partial charge in [0.05, 0.1) is 21.3 Å². The highest BCUT2D eigenvalue weighted by Crippen LogP contribution is 2.59. The zero-order valence-corrected chi connectivity index (χ0v) is 20.4. The van der Waals surface area contributed by atoms with E-state index in [4.69, 9.17) is 25.8 Å². The van der Waals surface area contributed by atoms with Crippen LogP contribution in [0.3, 0.4) is 0 Å². The zero-order chi connectivity index (χ0) is 23.4. The second-order valence-corrected chi connectivity index (χ2v) is 9.49.